The monoisotopic (exact) mass is 561 g/mol. The van der Waals surface area contributed by atoms with E-state index < -0.39 is 41.4 Å². The number of nitrogens with zero attached hydrogens (tertiary/aromatic N) is 1. The second-order valence-corrected chi connectivity index (χ2v) is 11.6. The van der Waals surface area contributed by atoms with Crippen LogP contribution in [0, 0.1) is 29.6 Å². The van der Waals surface area contributed by atoms with Crippen LogP contribution in [0.2, 0.25) is 0 Å². The summed E-state index contributed by atoms with van der Waals surface area (Å²) in [5.41, 5.74) is -0.374. The van der Waals surface area contributed by atoms with Gasteiger partial charge in [-0.15, -0.1) is 6.42 Å². The number of oxime groups is 1. The highest BCUT2D eigenvalue weighted by Crippen LogP contribution is 2.70. The minimum Gasteiger partial charge on any atom is -0.395 e. The summed E-state index contributed by atoms with van der Waals surface area (Å²) in [4.78, 5) is 17.3. The molecule has 214 valence electrons. The van der Waals surface area contributed by atoms with Crippen LogP contribution >= 0.6 is 0 Å². The van der Waals surface area contributed by atoms with Gasteiger partial charge in [-0.05, 0) is 86.0 Å². The van der Waals surface area contributed by atoms with E-state index in [1.807, 2.05) is 0 Å². The standard InChI is InChI=1S/C31H32F5NO3/c1-4-26(37-40-5-2)19-8-6-18(7-9-19)24-17-28(3)25(14-15-29(28,39)30(32,33)31(34,35)36)23-12-10-20-16-21(38)11-13-22(20)27(23)24/h1,6-9,16,23-25,39H,5,10-15,17H2,2-3H3/t23-,24+,25-,28-,29-/m0/s1. The Hall–Kier alpha value is -2.99. The Kier molecular flexibility index (Phi) is 7.01. The third-order valence-corrected chi connectivity index (χ3v) is 9.77. The molecule has 4 aliphatic rings. The molecule has 0 radical (unpaired) electrons. The molecule has 2 saturated carbocycles. The first-order chi connectivity index (χ1) is 18.8. The van der Waals surface area contributed by atoms with Crippen molar-refractivity contribution in [1.29, 1.82) is 0 Å². The fourth-order valence-corrected chi connectivity index (χ4v) is 7.88. The van der Waals surface area contributed by atoms with E-state index in [1.165, 1.54) is 6.92 Å². The number of rotatable bonds is 5. The molecule has 0 bridgehead atoms. The van der Waals surface area contributed by atoms with E-state index in [-0.39, 0.29) is 30.3 Å². The molecule has 2 fully saturated rings. The average Bonchev–Trinajstić information content (AvgIpc) is 3.19. The fourth-order valence-electron chi connectivity index (χ4n) is 7.88. The van der Waals surface area contributed by atoms with Crippen LogP contribution in [0.5, 0.6) is 0 Å². The number of carbonyl (C=O) groups is 1. The van der Waals surface area contributed by atoms with Crippen molar-refractivity contribution in [2.24, 2.45) is 22.4 Å². The van der Waals surface area contributed by atoms with Crippen LogP contribution in [0.25, 0.3) is 0 Å². The van der Waals surface area contributed by atoms with Crippen LogP contribution in [-0.4, -0.2) is 40.9 Å². The molecular weight excluding hydrogens is 529 g/mol. The van der Waals surface area contributed by atoms with Gasteiger partial charge in [0.25, 0.3) is 0 Å². The van der Waals surface area contributed by atoms with E-state index in [0.717, 1.165) is 22.3 Å². The number of carbonyl (C=O) groups excluding carboxylic acids is 1. The lowest BCUT2D eigenvalue weighted by molar-refractivity contribution is -0.362. The summed E-state index contributed by atoms with van der Waals surface area (Å²) in [6.07, 6.45) is 2.65. The maximum Gasteiger partial charge on any atom is 0.456 e. The molecule has 0 unspecified atom stereocenters. The maximum absolute atomic E-state index is 15.1. The second kappa shape index (κ2) is 9.83. The van der Waals surface area contributed by atoms with Crippen molar-refractivity contribution in [3.05, 3.63) is 58.2 Å². The molecule has 4 nitrogen and oxygen atoms in total. The van der Waals surface area contributed by atoms with Crippen molar-refractivity contribution in [3.63, 3.8) is 0 Å². The van der Waals surface area contributed by atoms with Gasteiger partial charge in [-0.1, -0.05) is 41.9 Å². The molecule has 0 saturated heterocycles. The Bertz CT molecular complexity index is 1340. The van der Waals surface area contributed by atoms with E-state index in [1.54, 1.807) is 37.3 Å². The van der Waals surface area contributed by atoms with Gasteiger partial charge < -0.3 is 9.94 Å². The van der Waals surface area contributed by atoms with Crippen molar-refractivity contribution in [2.45, 2.75) is 82.4 Å². The highest BCUT2D eigenvalue weighted by Gasteiger charge is 2.79. The molecule has 5 rings (SSSR count). The summed E-state index contributed by atoms with van der Waals surface area (Å²) in [7, 11) is 0. The molecule has 0 heterocycles. The summed E-state index contributed by atoms with van der Waals surface area (Å²) in [6.45, 7) is 3.50. The first-order valence-corrected chi connectivity index (χ1v) is 13.7. The number of terminal acetylenes is 1. The fraction of sp³-hybridized carbons (Fsp3) is 0.548. The first kappa shape index (κ1) is 28.5. The topological polar surface area (TPSA) is 58.9 Å². The Morgan fingerprint density at radius 3 is 2.48 bits per heavy atom. The maximum atomic E-state index is 15.1. The van der Waals surface area contributed by atoms with Crippen molar-refractivity contribution in [2.75, 3.05) is 6.61 Å². The number of allylic oxidation sites excluding steroid dienone is 4. The molecule has 0 spiro atoms. The zero-order chi connectivity index (χ0) is 29.1. The predicted octanol–water partition coefficient (Wildman–Crippen LogP) is 6.89. The molecule has 0 aliphatic heterocycles. The van der Waals surface area contributed by atoms with Gasteiger partial charge in [0.05, 0.1) is 0 Å². The quantitative estimate of drug-likeness (QED) is 0.184. The zero-order valence-electron chi connectivity index (χ0n) is 22.5. The third kappa shape index (κ3) is 4.13. The van der Waals surface area contributed by atoms with Crippen LogP contribution in [0.1, 0.15) is 75.8 Å². The number of hydrogen-bond acceptors (Lipinski definition) is 4. The molecule has 9 heteroatoms. The number of ketones is 1. The van der Waals surface area contributed by atoms with E-state index in [0.29, 0.717) is 37.9 Å². The molecule has 5 atom stereocenters. The van der Waals surface area contributed by atoms with Crippen LogP contribution in [0.15, 0.2) is 52.2 Å². The van der Waals surface area contributed by atoms with Gasteiger partial charge in [0.15, 0.2) is 11.5 Å². The molecular formula is C31H32F5NO3. The normalized spacial score (nSPS) is 32.6. The SMILES string of the molecule is C#CC(=NOCC)c1ccc([C@H]2C[C@@]3(C)[C@@H](CC[C@@]3(O)C(F)(F)C(F)(F)F)[C@@H]3CCC4=CC(=O)CCC4=C32)cc1. The van der Waals surface area contributed by atoms with Gasteiger partial charge in [0.1, 0.15) is 12.2 Å². The first-order valence-electron chi connectivity index (χ1n) is 13.7. The summed E-state index contributed by atoms with van der Waals surface area (Å²) >= 11 is 0. The van der Waals surface area contributed by atoms with Gasteiger partial charge in [-0.25, -0.2) is 0 Å². The molecule has 40 heavy (non-hydrogen) atoms. The Balaban J connectivity index is 1.65. The number of fused-ring (bicyclic) bond motifs is 4. The Morgan fingerprint density at radius 1 is 1.15 bits per heavy atom. The van der Waals surface area contributed by atoms with Crippen molar-refractivity contribution < 1.29 is 36.7 Å². The van der Waals surface area contributed by atoms with Crippen LogP contribution in [-0.2, 0) is 9.63 Å². The van der Waals surface area contributed by atoms with E-state index in [2.05, 4.69) is 11.1 Å². The lowest BCUT2D eigenvalue weighted by Gasteiger charge is -2.56. The molecule has 1 aromatic rings. The number of hydrogen-bond donors (Lipinski definition) is 1. The number of aliphatic hydroxyl groups is 1. The van der Waals surface area contributed by atoms with Crippen LogP contribution < -0.4 is 0 Å². The van der Waals surface area contributed by atoms with Gasteiger partial charge in [0, 0.05) is 23.3 Å². The van der Waals surface area contributed by atoms with Crippen molar-refractivity contribution in [3.8, 4) is 12.3 Å². The zero-order valence-corrected chi connectivity index (χ0v) is 22.5. The lowest BCUT2D eigenvalue weighted by Crippen LogP contribution is -2.65. The number of benzene rings is 1. The number of alkyl halides is 5. The second-order valence-electron chi connectivity index (χ2n) is 11.6. The molecule has 0 aromatic heterocycles. The predicted molar refractivity (Wildman–Crippen MR) is 140 cm³/mol. The molecule has 4 aliphatic carbocycles. The van der Waals surface area contributed by atoms with Crippen molar-refractivity contribution in [1.82, 2.24) is 0 Å². The summed E-state index contributed by atoms with van der Waals surface area (Å²) in [5.74, 6) is -4.10. The van der Waals surface area contributed by atoms with Gasteiger partial charge in [-0.3, -0.25) is 4.79 Å². The molecule has 1 aromatic carbocycles. The Labute approximate surface area is 230 Å². The van der Waals surface area contributed by atoms with Gasteiger partial charge >= 0.3 is 12.1 Å². The summed E-state index contributed by atoms with van der Waals surface area (Å²) in [5, 5.41) is 15.3. The summed E-state index contributed by atoms with van der Waals surface area (Å²) < 4.78 is 71.4. The minimum absolute atomic E-state index is 0.0369. The minimum atomic E-state index is -5.88. The van der Waals surface area contributed by atoms with Crippen LogP contribution in [0.4, 0.5) is 22.0 Å². The lowest BCUT2D eigenvalue weighted by atomic mass is 9.50. The van der Waals surface area contributed by atoms with Crippen molar-refractivity contribution >= 4 is 11.5 Å². The molecule has 0 amide bonds. The van der Waals surface area contributed by atoms with Crippen LogP contribution in [0.3, 0.4) is 0 Å². The largest absolute Gasteiger partial charge is 0.456 e. The smallest absolute Gasteiger partial charge is 0.395 e. The third-order valence-electron chi connectivity index (χ3n) is 9.77. The van der Waals surface area contributed by atoms with Gasteiger partial charge in [0.2, 0.25) is 0 Å². The van der Waals surface area contributed by atoms with E-state index >= 15 is 8.78 Å². The highest BCUT2D eigenvalue weighted by molar-refractivity contribution is 6.12. The van der Waals surface area contributed by atoms with E-state index in [4.69, 9.17) is 11.3 Å². The average molecular weight is 562 g/mol. The summed E-state index contributed by atoms with van der Waals surface area (Å²) in [6, 6.07) is 7.04. The Morgan fingerprint density at radius 2 is 1.85 bits per heavy atom. The van der Waals surface area contributed by atoms with Gasteiger partial charge in [-0.2, -0.15) is 22.0 Å². The van der Waals surface area contributed by atoms with E-state index in [9.17, 15) is 23.1 Å². The number of halogens is 5. The molecule has 1 N–H and O–H groups in total. The highest BCUT2D eigenvalue weighted by atomic mass is 19.4.